The van der Waals surface area contributed by atoms with Crippen molar-refractivity contribution >= 4 is 15.9 Å². The van der Waals surface area contributed by atoms with Crippen molar-refractivity contribution < 1.29 is 0 Å². The Morgan fingerprint density at radius 2 is 1.81 bits per heavy atom. The molecule has 0 aromatic heterocycles. The predicted molar refractivity (Wildman–Crippen MR) is 74.3 cm³/mol. The second-order valence-electron chi connectivity index (χ2n) is 5.27. The van der Waals surface area contributed by atoms with E-state index in [1.807, 2.05) is 0 Å². The molecule has 0 N–H and O–H groups in total. The van der Waals surface area contributed by atoms with Crippen LogP contribution in [0.4, 0.5) is 0 Å². The molecule has 1 aliphatic carbocycles. The molecular weight excluding hydrogens is 260 g/mol. The Morgan fingerprint density at radius 1 is 1.12 bits per heavy atom. The van der Waals surface area contributed by atoms with Gasteiger partial charge in [-0.05, 0) is 54.7 Å². The lowest BCUT2D eigenvalue weighted by Gasteiger charge is -2.18. The van der Waals surface area contributed by atoms with Gasteiger partial charge >= 0.3 is 0 Å². The van der Waals surface area contributed by atoms with Crippen molar-refractivity contribution in [3.05, 3.63) is 34.9 Å². The van der Waals surface area contributed by atoms with Gasteiger partial charge in [-0.25, -0.2) is 0 Å². The summed E-state index contributed by atoms with van der Waals surface area (Å²) in [5.41, 5.74) is 4.69. The first-order valence-corrected chi connectivity index (χ1v) is 7.33. The van der Waals surface area contributed by atoms with Crippen LogP contribution in [0, 0.1) is 5.92 Å². The summed E-state index contributed by atoms with van der Waals surface area (Å²) in [5.74, 6) is 0.705. The lowest BCUT2D eigenvalue weighted by Crippen LogP contribution is -2.11. The van der Waals surface area contributed by atoms with Crippen LogP contribution in [0.2, 0.25) is 0 Å². The summed E-state index contributed by atoms with van der Waals surface area (Å²) >= 11 is 3.77. The van der Waals surface area contributed by atoms with Gasteiger partial charge in [0, 0.05) is 4.83 Å². The van der Waals surface area contributed by atoms with E-state index in [1.54, 1.807) is 11.1 Å². The molecule has 0 bridgehead atoms. The predicted octanol–water partition coefficient (Wildman–Crippen LogP) is 4.53. The van der Waals surface area contributed by atoms with Gasteiger partial charge in [0.25, 0.3) is 0 Å². The second-order valence-corrected chi connectivity index (χ2v) is 6.45. The van der Waals surface area contributed by atoms with Gasteiger partial charge in [-0.15, -0.1) is 0 Å². The molecule has 1 aliphatic rings. The Hall–Kier alpha value is -0.300. The van der Waals surface area contributed by atoms with Crippen molar-refractivity contribution in [2.45, 2.75) is 50.8 Å². The summed E-state index contributed by atoms with van der Waals surface area (Å²) in [6.45, 7) is 4.55. The lowest BCUT2D eigenvalue weighted by molar-refractivity contribution is 0.611. The molecule has 0 amide bonds. The van der Waals surface area contributed by atoms with E-state index in [9.17, 15) is 0 Å². The number of hydrogen-bond acceptors (Lipinski definition) is 0. The van der Waals surface area contributed by atoms with Crippen LogP contribution in [0.3, 0.4) is 0 Å². The summed E-state index contributed by atoms with van der Waals surface area (Å²) < 4.78 is 0. The molecule has 1 aromatic carbocycles. The zero-order valence-electron chi connectivity index (χ0n) is 10.3. The SMILES string of the molecule is CC(C)C(Br)Cc1ccc2c(c1)CCCC2. The normalized spacial score (nSPS) is 17.2. The highest BCUT2D eigenvalue weighted by Crippen LogP contribution is 2.24. The van der Waals surface area contributed by atoms with E-state index in [0.717, 1.165) is 6.42 Å². The molecular formula is C15H21Br. The van der Waals surface area contributed by atoms with Crippen molar-refractivity contribution in [2.75, 3.05) is 0 Å². The molecule has 0 saturated heterocycles. The first-order valence-electron chi connectivity index (χ1n) is 6.41. The number of alkyl halides is 1. The topological polar surface area (TPSA) is 0 Å². The molecule has 0 heterocycles. The van der Waals surface area contributed by atoms with Crippen LogP contribution < -0.4 is 0 Å². The highest BCUT2D eigenvalue weighted by Gasteiger charge is 2.13. The van der Waals surface area contributed by atoms with E-state index < -0.39 is 0 Å². The number of halogens is 1. The van der Waals surface area contributed by atoms with Gasteiger partial charge in [-0.2, -0.15) is 0 Å². The first kappa shape index (κ1) is 12.2. The van der Waals surface area contributed by atoms with Crippen LogP contribution in [0.25, 0.3) is 0 Å². The quantitative estimate of drug-likeness (QED) is 0.714. The van der Waals surface area contributed by atoms with E-state index in [4.69, 9.17) is 0 Å². The Balaban J connectivity index is 2.11. The summed E-state index contributed by atoms with van der Waals surface area (Å²) in [6.07, 6.45) is 6.48. The fourth-order valence-electron chi connectivity index (χ4n) is 2.37. The van der Waals surface area contributed by atoms with Crippen molar-refractivity contribution in [3.8, 4) is 0 Å². The Bertz CT molecular complexity index is 354. The van der Waals surface area contributed by atoms with Gasteiger partial charge in [-0.1, -0.05) is 48.0 Å². The maximum absolute atomic E-state index is 3.77. The van der Waals surface area contributed by atoms with Gasteiger partial charge in [-0.3, -0.25) is 0 Å². The monoisotopic (exact) mass is 280 g/mol. The van der Waals surface area contributed by atoms with E-state index in [2.05, 4.69) is 48.0 Å². The number of rotatable bonds is 3. The largest absolute Gasteiger partial charge is 0.0884 e. The minimum Gasteiger partial charge on any atom is -0.0884 e. The van der Waals surface area contributed by atoms with E-state index >= 15 is 0 Å². The van der Waals surface area contributed by atoms with Gasteiger partial charge < -0.3 is 0 Å². The van der Waals surface area contributed by atoms with E-state index in [1.165, 1.54) is 31.2 Å². The van der Waals surface area contributed by atoms with Crippen molar-refractivity contribution in [1.29, 1.82) is 0 Å². The minimum atomic E-state index is 0.606. The summed E-state index contributed by atoms with van der Waals surface area (Å²) in [7, 11) is 0. The minimum absolute atomic E-state index is 0.606. The van der Waals surface area contributed by atoms with Crippen molar-refractivity contribution in [2.24, 2.45) is 5.92 Å². The van der Waals surface area contributed by atoms with E-state index in [0.29, 0.717) is 10.7 Å². The first-order chi connectivity index (χ1) is 7.66. The number of fused-ring (bicyclic) bond motifs is 1. The average Bonchev–Trinajstić information content (AvgIpc) is 2.28. The molecule has 1 atom stereocenters. The van der Waals surface area contributed by atoms with Gasteiger partial charge in [0.1, 0.15) is 0 Å². The van der Waals surface area contributed by atoms with Crippen LogP contribution in [-0.2, 0) is 19.3 Å². The third-order valence-corrected chi connectivity index (χ3v) is 4.95. The van der Waals surface area contributed by atoms with Crippen molar-refractivity contribution in [3.63, 3.8) is 0 Å². The fourth-order valence-corrected chi connectivity index (χ4v) is 2.75. The molecule has 1 heteroatoms. The zero-order valence-corrected chi connectivity index (χ0v) is 11.9. The Kier molecular flexibility index (Phi) is 4.07. The molecule has 1 aromatic rings. The van der Waals surface area contributed by atoms with Gasteiger partial charge in [0.2, 0.25) is 0 Å². The number of aryl methyl sites for hydroxylation is 2. The van der Waals surface area contributed by atoms with Gasteiger partial charge in [0.15, 0.2) is 0 Å². The summed E-state index contributed by atoms with van der Waals surface area (Å²) in [6, 6.07) is 7.11. The van der Waals surface area contributed by atoms with Gasteiger partial charge in [0.05, 0.1) is 0 Å². The molecule has 0 aliphatic heterocycles. The Labute approximate surface area is 108 Å². The van der Waals surface area contributed by atoms with Crippen LogP contribution >= 0.6 is 15.9 Å². The molecule has 0 saturated carbocycles. The van der Waals surface area contributed by atoms with Crippen LogP contribution in [0.15, 0.2) is 18.2 Å². The van der Waals surface area contributed by atoms with Crippen LogP contribution in [0.5, 0.6) is 0 Å². The fraction of sp³-hybridized carbons (Fsp3) is 0.600. The van der Waals surface area contributed by atoms with Crippen molar-refractivity contribution in [1.82, 2.24) is 0 Å². The molecule has 0 nitrogen and oxygen atoms in total. The molecule has 0 fully saturated rings. The smallest absolute Gasteiger partial charge is 0.0209 e. The van der Waals surface area contributed by atoms with Crippen LogP contribution in [-0.4, -0.2) is 4.83 Å². The average molecular weight is 281 g/mol. The zero-order chi connectivity index (χ0) is 11.5. The molecule has 0 radical (unpaired) electrons. The third kappa shape index (κ3) is 2.88. The highest BCUT2D eigenvalue weighted by atomic mass is 79.9. The number of hydrogen-bond donors (Lipinski definition) is 0. The second kappa shape index (κ2) is 5.35. The molecule has 16 heavy (non-hydrogen) atoms. The molecule has 0 spiro atoms. The maximum atomic E-state index is 3.77. The maximum Gasteiger partial charge on any atom is 0.0209 e. The van der Waals surface area contributed by atoms with E-state index in [-0.39, 0.29) is 0 Å². The molecule has 88 valence electrons. The van der Waals surface area contributed by atoms with Crippen LogP contribution in [0.1, 0.15) is 43.4 Å². The lowest BCUT2D eigenvalue weighted by atomic mass is 9.89. The third-order valence-electron chi connectivity index (χ3n) is 3.57. The highest BCUT2D eigenvalue weighted by molar-refractivity contribution is 9.09. The standard InChI is InChI=1S/C15H21Br/c1-11(2)15(16)10-12-7-8-13-5-3-4-6-14(13)9-12/h7-9,11,15H,3-6,10H2,1-2H3. The molecule has 1 unspecified atom stereocenters. The molecule has 2 rings (SSSR count). The number of benzene rings is 1. The summed E-state index contributed by atoms with van der Waals surface area (Å²) in [5, 5.41) is 0. The Morgan fingerprint density at radius 3 is 2.50 bits per heavy atom. The summed E-state index contributed by atoms with van der Waals surface area (Å²) in [4.78, 5) is 0.606.